The Bertz CT molecular complexity index is 970. The summed E-state index contributed by atoms with van der Waals surface area (Å²) in [6, 6.07) is 10.1. The molecule has 6 heteroatoms. The number of carbonyl (C=O) groups is 1. The second-order valence-corrected chi connectivity index (χ2v) is 7.13. The molecule has 27 heavy (non-hydrogen) atoms. The van der Waals surface area contributed by atoms with Crippen LogP contribution in [-0.4, -0.2) is 33.4 Å². The van der Waals surface area contributed by atoms with Gasteiger partial charge in [-0.15, -0.1) is 0 Å². The Balaban J connectivity index is 1.44. The van der Waals surface area contributed by atoms with Crippen LogP contribution >= 0.6 is 0 Å². The third-order valence-corrected chi connectivity index (χ3v) is 5.33. The molecule has 140 valence electrons. The summed E-state index contributed by atoms with van der Waals surface area (Å²) < 4.78 is 29.8. The number of hydrogen-bond acceptors (Lipinski definition) is 2. The molecular formula is C21H21F2N3O. The van der Waals surface area contributed by atoms with Gasteiger partial charge in [-0.1, -0.05) is 12.1 Å². The molecule has 4 nitrogen and oxygen atoms in total. The van der Waals surface area contributed by atoms with E-state index in [1.165, 1.54) is 23.8 Å². The van der Waals surface area contributed by atoms with Gasteiger partial charge in [0.1, 0.15) is 11.6 Å². The molecule has 1 aliphatic rings. The first-order valence-electron chi connectivity index (χ1n) is 9.17. The quantitative estimate of drug-likeness (QED) is 0.699. The molecule has 0 spiro atoms. The average Bonchev–Trinajstić information content (AvgIpc) is 3.08. The van der Waals surface area contributed by atoms with Crippen molar-refractivity contribution in [1.82, 2.24) is 14.5 Å². The van der Waals surface area contributed by atoms with Crippen LogP contribution in [0, 0.1) is 18.6 Å². The first-order valence-corrected chi connectivity index (χ1v) is 9.17. The van der Waals surface area contributed by atoms with Crippen molar-refractivity contribution >= 4 is 16.9 Å². The highest BCUT2D eigenvalue weighted by Crippen LogP contribution is 2.27. The van der Waals surface area contributed by atoms with Crippen LogP contribution in [0.4, 0.5) is 8.78 Å². The second-order valence-electron chi connectivity index (χ2n) is 7.13. The summed E-state index contributed by atoms with van der Waals surface area (Å²) in [7, 11) is 0. The lowest BCUT2D eigenvalue weighted by atomic mass is 10.0. The van der Waals surface area contributed by atoms with Gasteiger partial charge < -0.3 is 9.47 Å². The van der Waals surface area contributed by atoms with E-state index in [2.05, 4.69) is 22.5 Å². The topological polar surface area (TPSA) is 38.1 Å². The monoisotopic (exact) mass is 369 g/mol. The third kappa shape index (κ3) is 3.44. The lowest BCUT2D eigenvalue weighted by molar-refractivity contribution is -0.131. The van der Waals surface area contributed by atoms with Gasteiger partial charge in [-0.3, -0.25) is 4.79 Å². The lowest BCUT2D eigenvalue weighted by Gasteiger charge is -2.33. The van der Waals surface area contributed by atoms with E-state index in [1.807, 2.05) is 18.5 Å². The number of fused-ring (bicyclic) bond motifs is 1. The highest BCUT2D eigenvalue weighted by atomic mass is 19.1. The van der Waals surface area contributed by atoms with Gasteiger partial charge in [0.25, 0.3) is 0 Å². The number of hydrogen-bond donors (Lipinski definition) is 0. The first kappa shape index (κ1) is 17.6. The van der Waals surface area contributed by atoms with Crippen LogP contribution in [0.3, 0.4) is 0 Å². The van der Waals surface area contributed by atoms with E-state index in [0.29, 0.717) is 13.1 Å². The molecule has 1 aromatic heterocycles. The summed E-state index contributed by atoms with van der Waals surface area (Å²) in [5.74, 6) is -1.57. The van der Waals surface area contributed by atoms with Crippen molar-refractivity contribution in [3.8, 4) is 0 Å². The number of amides is 1. The molecule has 2 aromatic carbocycles. The molecule has 2 heterocycles. The summed E-state index contributed by atoms with van der Waals surface area (Å²) >= 11 is 0. The number of aryl methyl sites for hydroxylation is 1. The molecule has 0 radical (unpaired) electrons. The van der Waals surface area contributed by atoms with Gasteiger partial charge in [0.2, 0.25) is 5.91 Å². The number of halogens is 2. The highest BCUT2D eigenvalue weighted by molar-refractivity contribution is 5.79. The van der Waals surface area contributed by atoms with Crippen molar-refractivity contribution in [3.05, 3.63) is 65.5 Å². The smallest absolute Gasteiger partial charge is 0.227 e. The van der Waals surface area contributed by atoms with Crippen LogP contribution in [0.15, 0.2) is 42.7 Å². The second kappa shape index (κ2) is 7.10. The minimum atomic E-state index is -0.668. The number of aromatic nitrogens is 2. The molecule has 4 rings (SSSR count). The van der Waals surface area contributed by atoms with Gasteiger partial charge in [-0.2, -0.15) is 0 Å². The Morgan fingerprint density at radius 2 is 1.85 bits per heavy atom. The van der Waals surface area contributed by atoms with Crippen LogP contribution in [0.5, 0.6) is 0 Å². The maximum Gasteiger partial charge on any atom is 0.227 e. The fraction of sp³-hybridized carbons (Fsp3) is 0.333. The molecule has 0 N–H and O–H groups in total. The summed E-state index contributed by atoms with van der Waals surface area (Å²) in [6.45, 7) is 3.20. The molecule has 0 unspecified atom stereocenters. The van der Waals surface area contributed by atoms with E-state index in [-0.39, 0.29) is 23.9 Å². The van der Waals surface area contributed by atoms with Crippen molar-refractivity contribution in [2.75, 3.05) is 13.1 Å². The summed E-state index contributed by atoms with van der Waals surface area (Å²) in [6.07, 6.45) is 3.22. The number of imidazole rings is 1. The van der Waals surface area contributed by atoms with Gasteiger partial charge in [0.05, 0.1) is 23.8 Å². The number of nitrogens with zero attached hydrogens (tertiary/aromatic N) is 3. The van der Waals surface area contributed by atoms with E-state index >= 15 is 0 Å². The van der Waals surface area contributed by atoms with E-state index in [4.69, 9.17) is 0 Å². The number of rotatable bonds is 3. The molecule has 0 saturated carbocycles. The highest BCUT2D eigenvalue weighted by Gasteiger charge is 2.26. The minimum Gasteiger partial charge on any atom is -0.342 e. The fourth-order valence-corrected chi connectivity index (χ4v) is 3.78. The summed E-state index contributed by atoms with van der Waals surface area (Å²) in [4.78, 5) is 18.7. The maximum absolute atomic E-state index is 13.8. The number of benzene rings is 2. The van der Waals surface area contributed by atoms with Gasteiger partial charge in [-0.25, -0.2) is 13.8 Å². The minimum absolute atomic E-state index is 0.152. The van der Waals surface area contributed by atoms with Gasteiger partial charge in [-0.05, 0) is 49.6 Å². The number of likely N-dealkylation sites (tertiary alicyclic amines) is 1. The fourth-order valence-electron chi connectivity index (χ4n) is 3.78. The molecule has 0 aliphatic carbocycles. The zero-order valence-corrected chi connectivity index (χ0v) is 15.2. The van der Waals surface area contributed by atoms with Crippen molar-refractivity contribution in [3.63, 3.8) is 0 Å². The van der Waals surface area contributed by atoms with Gasteiger partial charge >= 0.3 is 0 Å². The third-order valence-electron chi connectivity index (χ3n) is 5.33. The zero-order valence-electron chi connectivity index (χ0n) is 15.2. The molecule has 0 bridgehead atoms. The average molecular weight is 369 g/mol. The molecule has 1 fully saturated rings. The SMILES string of the molecule is Cc1ccc2ncn(C3CCN(C(=O)Cc4c(F)cccc4F)CC3)c2c1. The van der Waals surface area contributed by atoms with Crippen LogP contribution in [0.1, 0.15) is 30.0 Å². The van der Waals surface area contributed by atoms with Crippen molar-refractivity contribution in [1.29, 1.82) is 0 Å². The largest absolute Gasteiger partial charge is 0.342 e. The predicted octanol–water partition coefficient (Wildman–Crippen LogP) is 4.03. The van der Waals surface area contributed by atoms with Crippen molar-refractivity contribution < 1.29 is 13.6 Å². The predicted molar refractivity (Wildman–Crippen MR) is 99.4 cm³/mol. The molecule has 0 atom stereocenters. The Hall–Kier alpha value is -2.76. The Morgan fingerprint density at radius 3 is 2.56 bits per heavy atom. The van der Waals surface area contributed by atoms with E-state index < -0.39 is 11.6 Å². The summed E-state index contributed by atoms with van der Waals surface area (Å²) in [5.41, 5.74) is 3.10. The van der Waals surface area contributed by atoms with Gasteiger partial charge in [0, 0.05) is 24.7 Å². The Morgan fingerprint density at radius 1 is 1.15 bits per heavy atom. The van der Waals surface area contributed by atoms with E-state index in [1.54, 1.807) is 4.90 Å². The number of carbonyl (C=O) groups excluding carboxylic acids is 1. The van der Waals surface area contributed by atoms with Gasteiger partial charge in [0.15, 0.2) is 0 Å². The maximum atomic E-state index is 13.8. The van der Waals surface area contributed by atoms with Crippen LogP contribution in [-0.2, 0) is 11.2 Å². The van der Waals surface area contributed by atoms with E-state index in [0.717, 1.165) is 23.9 Å². The molecule has 3 aromatic rings. The molecule has 1 saturated heterocycles. The molecule has 1 amide bonds. The molecular weight excluding hydrogens is 348 g/mol. The molecule has 1 aliphatic heterocycles. The van der Waals surface area contributed by atoms with Crippen LogP contribution < -0.4 is 0 Å². The Kier molecular flexibility index (Phi) is 4.64. The normalized spacial score (nSPS) is 15.4. The van der Waals surface area contributed by atoms with Crippen molar-refractivity contribution in [2.24, 2.45) is 0 Å². The number of piperidine rings is 1. The zero-order chi connectivity index (χ0) is 19.0. The Labute approximate surface area is 156 Å². The van der Waals surface area contributed by atoms with Crippen LogP contribution in [0.2, 0.25) is 0 Å². The first-order chi connectivity index (χ1) is 13.0. The van der Waals surface area contributed by atoms with E-state index in [9.17, 15) is 13.6 Å². The lowest BCUT2D eigenvalue weighted by Crippen LogP contribution is -2.40. The standard InChI is InChI=1S/C21H21F2N3O/c1-14-5-6-19-20(11-14)26(13-24-19)15-7-9-25(10-8-15)21(27)12-16-17(22)3-2-4-18(16)23/h2-6,11,13,15H,7-10,12H2,1H3. The summed E-state index contributed by atoms with van der Waals surface area (Å²) in [5, 5.41) is 0. The van der Waals surface area contributed by atoms with Crippen LogP contribution in [0.25, 0.3) is 11.0 Å². The van der Waals surface area contributed by atoms with Crippen molar-refractivity contribution in [2.45, 2.75) is 32.2 Å².